The summed E-state index contributed by atoms with van der Waals surface area (Å²) in [5, 5.41) is 3.08. The van der Waals surface area contributed by atoms with E-state index in [2.05, 4.69) is 5.32 Å². The van der Waals surface area contributed by atoms with E-state index < -0.39 is 0 Å². The summed E-state index contributed by atoms with van der Waals surface area (Å²) < 4.78 is 11.2. The molecular weight excluding hydrogens is 268 g/mol. The molecule has 1 aliphatic heterocycles. The summed E-state index contributed by atoms with van der Waals surface area (Å²) in [7, 11) is 1.89. The predicted molar refractivity (Wildman–Crippen MR) is 81.5 cm³/mol. The second kappa shape index (κ2) is 8.00. The number of carbonyl (C=O) groups is 1. The van der Waals surface area contributed by atoms with E-state index in [1.807, 2.05) is 43.1 Å². The molecule has 1 saturated heterocycles. The molecule has 0 aliphatic carbocycles. The molecule has 5 heteroatoms. The van der Waals surface area contributed by atoms with Gasteiger partial charge in [0.2, 0.25) is 5.91 Å². The maximum atomic E-state index is 12.2. The highest BCUT2D eigenvalue weighted by Gasteiger charge is 2.23. The van der Waals surface area contributed by atoms with E-state index in [9.17, 15) is 4.79 Å². The van der Waals surface area contributed by atoms with Gasteiger partial charge in [-0.2, -0.15) is 0 Å². The lowest BCUT2D eigenvalue weighted by Gasteiger charge is -2.33. The quantitative estimate of drug-likeness (QED) is 0.856. The van der Waals surface area contributed by atoms with Crippen LogP contribution in [-0.4, -0.2) is 56.8 Å². The fraction of sp³-hybridized carbons (Fsp3) is 0.562. The number of likely N-dealkylation sites (N-methyl/N-ethyl adjacent to an activating group) is 1. The van der Waals surface area contributed by atoms with Gasteiger partial charge >= 0.3 is 0 Å². The Hall–Kier alpha value is -1.59. The van der Waals surface area contributed by atoms with Crippen molar-refractivity contribution in [3.8, 4) is 5.75 Å². The van der Waals surface area contributed by atoms with Crippen LogP contribution in [0, 0.1) is 6.92 Å². The van der Waals surface area contributed by atoms with Crippen molar-refractivity contribution < 1.29 is 14.3 Å². The monoisotopic (exact) mass is 292 g/mol. The number of ether oxygens (including phenoxy) is 2. The van der Waals surface area contributed by atoms with Crippen LogP contribution in [0.3, 0.4) is 0 Å². The number of carbonyl (C=O) groups excluding carboxylic acids is 1. The number of nitrogens with zero attached hydrogens (tertiary/aromatic N) is 1. The second-order valence-corrected chi connectivity index (χ2v) is 5.31. The molecule has 0 radical (unpaired) electrons. The second-order valence-electron chi connectivity index (χ2n) is 5.31. The van der Waals surface area contributed by atoms with Gasteiger partial charge in [-0.05, 0) is 31.7 Å². The van der Waals surface area contributed by atoms with Gasteiger partial charge in [0.15, 0.2) is 0 Å². The van der Waals surface area contributed by atoms with Crippen molar-refractivity contribution in [2.45, 2.75) is 19.4 Å². The van der Waals surface area contributed by atoms with Crippen molar-refractivity contribution in [3.63, 3.8) is 0 Å². The van der Waals surface area contributed by atoms with Gasteiger partial charge in [0.05, 0.1) is 25.7 Å². The Balaban J connectivity index is 1.74. The number of morpholine rings is 1. The molecule has 116 valence electrons. The van der Waals surface area contributed by atoms with Crippen molar-refractivity contribution in [1.29, 1.82) is 0 Å². The number of hydrogen-bond acceptors (Lipinski definition) is 4. The molecule has 2 rings (SSSR count). The van der Waals surface area contributed by atoms with Gasteiger partial charge in [0.25, 0.3) is 0 Å². The minimum Gasteiger partial charge on any atom is -0.493 e. The number of rotatable bonds is 6. The van der Waals surface area contributed by atoms with E-state index in [0.29, 0.717) is 32.7 Å². The Labute approximate surface area is 126 Å². The zero-order valence-corrected chi connectivity index (χ0v) is 12.8. The molecule has 5 nitrogen and oxygen atoms in total. The lowest BCUT2D eigenvalue weighted by Crippen LogP contribution is -2.48. The van der Waals surface area contributed by atoms with Crippen LogP contribution >= 0.6 is 0 Å². The summed E-state index contributed by atoms with van der Waals surface area (Å²) >= 11 is 0. The Morgan fingerprint density at radius 2 is 2.38 bits per heavy atom. The fourth-order valence-electron chi connectivity index (χ4n) is 2.42. The Morgan fingerprint density at radius 1 is 1.52 bits per heavy atom. The van der Waals surface area contributed by atoms with Crippen molar-refractivity contribution in [2.75, 3.05) is 39.9 Å². The zero-order valence-electron chi connectivity index (χ0n) is 12.8. The molecule has 0 aromatic heterocycles. The molecule has 1 N–H and O–H groups in total. The maximum Gasteiger partial charge on any atom is 0.226 e. The van der Waals surface area contributed by atoms with Crippen LogP contribution in [0.5, 0.6) is 5.75 Å². The van der Waals surface area contributed by atoms with E-state index in [1.165, 1.54) is 0 Å². The summed E-state index contributed by atoms with van der Waals surface area (Å²) in [6.45, 7) is 5.14. The number of benzene rings is 1. The van der Waals surface area contributed by atoms with E-state index in [1.54, 1.807) is 0 Å². The van der Waals surface area contributed by atoms with Crippen molar-refractivity contribution in [3.05, 3.63) is 29.8 Å². The molecule has 1 unspecified atom stereocenters. The predicted octanol–water partition coefficient (Wildman–Crippen LogP) is 1.21. The van der Waals surface area contributed by atoms with Crippen LogP contribution in [0.15, 0.2) is 24.3 Å². The Kier molecular flexibility index (Phi) is 6.02. The van der Waals surface area contributed by atoms with Gasteiger partial charge in [0, 0.05) is 19.6 Å². The average Bonchev–Trinajstić information content (AvgIpc) is 2.48. The molecule has 21 heavy (non-hydrogen) atoms. The highest BCUT2D eigenvalue weighted by Crippen LogP contribution is 2.13. The van der Waals surface area contributed by atoms with Gasteiger partial charge in [-0.25, -0.2) is 0 Å². The average molecular weight is 292 g/mol. The first-order valence-electron chi connectivity index (χ1n) is 7.42. The van der Waals surface area contributed by atoms with Crippen LogP contribution in [0.2, 0.25) is 0 Å². The third-order valence-electron chi connectivity index (χ3n) is 3.50. The van der Waals surface area contributed by atoms with Gasteiger partial charge in [-0.1, -0.05) is 12.1 Å². The topological polar surface area (TPSA) is 50.8 Å². The van der Waals surface area contributed by atoms with Gasteiger partial charge in [0.1, 0.15) is 5.75 Å². The molecule has 0 saturated carbocycles. The summed E-state index contributed by atoms with van der Waals surface area (Å²) in [6.07, 6.45) is 0.491. The summed E-state index contributed by atoms with van der Waals surface area (Å²) in [5.41, 5.74) is 1.15. The first kappa shape index (κ1) is 15.8. The van der Waals surface area contributed by atoms with Gasteiger partial charge in [-0.3, -0.25) is 4.79 Å². The third kappa shape index (κ3) is 5.02. The first-order valence-corrected chi connectivity index (χ1v) is 7.42. The van der Waals surface area contributed by atoms with Crippen LogP contribution in [-0.2, 0) is 9.53 Å². The fourth-order valence-corrected chi connectivity index (χ4v) is 2.42. The van der Waals surface area contributed by atoms with E-state index in [-0.39, 0.29) is 12.0 Å². The highest BCUT2D eigenvalue weighted by atomic mass is 16.5. The van der Waals surface area contributed by atoms with E-state index in [4.69, 9.17) is 9.47 Å². The van der Waals surface area contributed by atoms with Crippen LogP contribution in [0.1, 0.15) is 12.0 Å². The Morgan fingerprint density at radius 3 is 3.14 bits per heavy atom. The standard InChI is InChI=1S/C16H24N2O3/c1-13-4-3-5-14(10-13)20-8-6-16(19)18-7-9-21-15(12-18)11-17-2/h3-5,10,15,17H,6-9,11-12H2,1-2H3. The van der Waals surface area contributed by atoms with Gasteiger partial charge < -0.3 is 19.7 Å². The lowest BCUT2D eigenvalue weighted by molar-refractivity contribution is -0.139. The maximum absolute atomic E-state index is 12.2. The summed E-state index contributed by atoms with van der Waals surface area (Å²) in [4.78, 5) is 14.0. The molecule has 0 spiro atoms. The normalized spacial score (nSPS) is 18.6. The highest BCUT2D eigenvalue weighted by molar-refractivity contribution is 5.76. The number of aryl methyl sites for hydroxylation is 1. The molecular formula is C16H24N2O3. The third-order valence-corrected chi connectivity index (χ3v) is 3.50. The largest absolute Gasteiger partial charge is 0.493 e. The molecule has 1 fully saturated rings. The van der Waals surface area contributed by atoms with E-state index >= 15 is 0 Å². The molecule has 1 heterocycles. The SMILES string of the molecule is CNCC1CN(C(=O)CCOc2cccc(C)c2)CCO1. The zero-order chi connectivity index (χ0) is 15.1. The number of hydrogen-bond donors (Lipinski definition) is 1. The van der Waals surface area contributed by atoms with Crippen LogP contribution in [0.25, 0.3) is 0 Å². The first-order chi connectivity index (χ1) is 10.2. The van der Waals surface area contributed by atoms with Crippen molar-refractivity contribution in [1.82, 2.24) is 10.2 Å². The molecule has 1 aromatic carbocycles. The smallest absolute Gasteiger partial charge is 0.226 e. The minimum atomic E-state index is 0.0883. The van der Waals surface area contributed by atoms with Crippen molar-refractivity contribution >= 4 is 5.91 Å². The van der Waals surface area contributed by atoms with Crippen LogP contribution < -0.4 is 10.1 Å². The van der Waals surface area contributed by atoms with Crippen LogP contribution in [0.4, 0.5) is 0 Å². The van der Waals surface area contributed by atoms with E-state index in [0.717, 1.165) is 17.9 Å². The molecule has 0 bridgehead atoms. The van der Waals surface area contributed by atoms with Gasteiger partial charge in [-0.15, -0.1) is 0 Å². The summed E-state index contributed by atoms with van der Waals surface area (Å²) in [6, 6.07) is 7.86. The molecule has 1 amide bonds. The Bertz CT molecular complexity index is 463. The molecule has 1 aromatic rings. The molecule has 1 aliphatic rings. The summed E-state index contributed by atoms with van der Waals surface area (Å²) in [5.74, 6) is 0.949. The molecule has 1 atom stereocenters. The lowest BCUT2D eigenvalue weighted by atomic mass is 10.2. The van der Waals surface area contributed by atoms with Crippen molar-refractivity contribution in [2.24, 2.45) is 0 Å². The number of amides is 1. The minimum absolute atomic E-state index is 0.0883. The number of nitrogens with one attached hydrogen (secondary N) is 1.